The summed E-state index contributed by atoms with van der Waals surface area (Å²) >= 11 is 0. The van der Waals surface area contributed by atoms with E-state index in [1.807, 2.05) is 0 Å². The van der Waals surface area contributed by atoms with Crippen LogP contribution in [0.1, 0.15) is 39.5 Å². The van der Waals surface area contributed by atoms with Crippen LogP contribution >= 0.6 is 0 Å². The zero-order chi connectivity index (χ0) is 7.82. The highest BCUT2D eigenvalue weighted by Crippen LogP contribution is 2.13. The van der Waals surface area contributed by atoms with E-state index < -0.39 is 0 Å². The molecule has 0 heteroatoms. The van der Waals surface area contributed by atoms with Gasteiger partial charge < -0.3 is 0 Å². The average molecular weight is 139 g/mol. The van der Waals surface area contributed by atoms with Crippen LogP contribution in [0, 0.1) is 12.3 Å². The topological polar surface area (TPSA) is 0 Å². The third-order valence-electron chi connectivity index (χ3n) is 1.68. The maximum absolute atomic E-state index is 3.80. The number of unbranched alkanes of at least 4 members (excludes halogenated alkanes) is 1. The van der Waals surface area contributed by atoms with Gasteiger partial charge in [0.25, 0.3) is 0 Å². The van der Waals surface area contributed by atoms with Crippen molar-refractivity contribution >= 4 is 0 Å². The summed E-state index contributed by atoms with van der Waals surface area (Å²) in [5.41, 5.74) is 0. The van der Waals surface area contributed by atoms with Crippen molar-refractivity contribution < 1.29 is 0 Å². The Morgan fingerprint density at radius 2 is 2.00 bits per heavy atom. The second-order valence-electron chi connectivity index (χ2n) is 2.71. The van der Waals surface area contributed by atoms with Crippen molar-refractivity contribution in [3.05, 3.63) is 19.1 Å². The molecule has 1 atom stereocenters. The van der Waals surface area contributed by atoms with Gasteiger partial charge in [-0.2, -0.15) is 0 Å². The van der Waals surface area contributed by atoms with E-state index in [1.54, 1.807) is 0 Å². The highest BCUT2D eigenvalue weighted by molar-refractivity contribution is 4.88. The lowest BCUT2D eigenvalue weighted by Gasteiger charge is -2.08. The highest BCUT2D eigenvalue weighted by atomic mass is 14.1. The summed E-state index contributed by atoms with van der Waals surface area (Å²) in [6.45, 7) is 8.23. The van der Waals surface area contributed by atoms with Gasteiger partial charge in [-0.05, 0) is 25.2 Å². The maximum atomic E-state index is 3.80. The fourth-order valence-corrected chi connectivity index (χ4v) is 1.05. The van der Waals surface area contributed by atoms with Gasteiger partial charge in [-0.3, -0.25) is 0 Å². The molecule has 0 aromatic heterocycles. The molecule has 0 rings (SSSR count). The third-order valence-corrected chi connectivity index (χ3v) is 1.68. The number of rotatable bonds is 6. The second kappa shape index (κ2) is 6.85. The molecule has 0 N–H and O–H groups in total. The standard InChI is InChI=1S/C10H19/c1-4-7-9-10(6-3)8-5-2/h6,9-10H,3-5,7-8H2,1-2H3. The first-order valence-electron chi connectivity index (χ1n) is 4.31. The smallest absolute Gasteiger partial charge is 0.0205 e. The highest BCUT2D eigenvalue weighted by Gasteiger charge is 2.00. The summed E-state index contributed by atoms with van der Waals surface area (Å²) in [6.07, 6.45) is 9.45. The normalized spacial score (nSPS) is 13.0. The Labute approximate surface area is 65.3 Å². The van der Waals surface area contributed by atoms with Gasteiger partial charge in [0, 0.05) is 0 Å². The molecule has 0 aliphatic carbocycles. The first-order valence-corrected chi connectivity index (χ1v) is 4.31. The van der Waals surface area contributed by atoms with E-state index in [9.17, 15) is 0 Å². The lowest BCUT2D eigenvalue weighted by molar-refractivity contribution is 0.621. The van der Waals surface area contributed by atoms with E-state index in [-0.39, 0.29) is 0 Å². The van der Waals surface area contributed by atoms with Crippen LogP contribution in [0.25, 0.3) is 0 Å². The SMILES string of the molecule is C=CC([CH]CCC)CCC. The van der Waals surface area contributed by atoms with Crippen LogP contribution in [0.15, 0.2) is 12.7 Å². The van der Waals surface area contributed by atoms with E-state index in [4.69, 9.17) is 0 Å². The third kappa shape index (κ3) is 4.60. The molecule has 0 fully saturated rings. The van der Waals surface area contributed by atoms with Crippen molar-refractivity contribution in [3.63, 3.8) is 0 Å². The number of hydrogen-bond acceptors (Lipinski definition) is 0. The van der Waals surface area contributed by atoms with Gasteiger partial charge in [0.2, 0.25) is 0 Å². The molecule has 1 radical (unpaired) electrons. The Kier molecular flexibility index (Phi) is 6.68. The van der Waals surface area contributed by atoms with Crippen LogP contribution < -0.4 is 0 Å². The van der Waals surface area contributed by atoms with Gasteiger partial charge >= 0.3 is 0 Å². The van der Waals surface area contributed by atoms with Crippen molar-refractivity contribution in [3.8, 4) is 0 Å². The number of hydrogen-bond donors (Lipinski definition) is 0. The van der Waals surface area contributed by atoms with Crippen LogP contribution in [-0.2, 0) is 0 Å². The summed E-state index contributed by atoms with van der Waals surface area (Å²) in [7, 11) is 0. The van der Waals surface area contributed by atoms with Crippen LogP contribution in [0.5, 0.6) is 0 Å². The van der Waals surface area contributed by atoms with Crippen molar-refractivity contribution in [2.75, 3.05) is 0 Å². The summed E-state index contributed by atoms with van der Waals surface area (Å²) in [5.74, 6) is 0.657. The predicted molar refractivity (Wildman–Crippen MR) is 47.8 cm³/mol. The fourth-order valence-electron chi connectivity index (χ4n) is 1.05. The zero-order valence-corrected chi connectivity index (χ0v) is 7.27. The van der Waals surface area contributed by atoms with E-state index in [1.165, 1.54) is 25.7 Å². The molecule has 0 spiro atoms. The Hall–Kier alpha value is -0.260. The van der Waals surface area contributed by atoms with Gasteiger partial charge in [0.1, 0.15) is 0 Å². The maximum Gasteiger partial charge on any atom is -0.0205 e. The minimum absolute atomic E-state index is 0.657. The molecular formula is C10H19. The summed E-state index contributed by atoms with van der Waals surface area (Å²) in [4.78, 5) is 0. The average Bonchev–Trinajstić information content (AvgIpc) is 1.98. The van der Waals surface area contributed by atoms with Crippen molar-refractivity contribution in [1.82, 2.24) is 0 Å². The molecule has 10 heavy (non-hydrogen) atoms. The molecule has 0 aromatic carbocycles. The van der Waals surface area contributed by atoms with Crippen molar-refractivity contribution in [1.29, 1.82) is 0 Å². The first-order chi connectivity index (χ1) is 4.85. The minimum Gasteiger partial charge on any atom is -0.103 e. The molecule has 0 amide bonds. The van der Waals surface area contributed by atoms with Crippen LogP contribution in [-0.4, -0.2) is 0 Å². The second-order valence-corrected chi connectivity index (χ2v) is 2.71. The predicted octanol–water partition coefficient (Wildman–Crippen LogP) is 3.59. The molecule has 0 aliphatic rings. The van der Waals surface area contributed by atoms with E-state index in [0.717, 1.165) is 0 Å². The van der Waals surface area contributed by atoms with Crippen LogP contribution in [0.2, 0.25) is 0 Å². The monoisotopic (exact) mass is 139 g/mol. The Morgan fingerprint density at radius 3 is 2.40 bits per heavy atom. The molecule has 1 unspecified atom stereocenters. The van der Waals surface area contributed by atoms with Gasteiger partial charge in [-0.1, -0.05) is 32.8 Å². The molecule has 0 heterocycles. The quantitative estimate of drug-likeness (QED) is 0.493. The molecule has 0 aromatic rings. The summed E-state index contributed by atoms with van der Waals surface area (Å²) < 4.78 is 0. The van der Waals surface area contributed by atoms with Gasteiger partial charge in [0.15, 0.2) is 0 Å². The van der Waals surface area contributed by atoms with Crippen molar-refractivity contribution in [2.24, 2.45) is 5.92 Å². The van der Waals surface area contributed by atoms with Crippen LogP contribution in [0.4, 0.5) is 0 Å². The Bertz CT molecular complexity index is 74.1. The minimum atomic E-state index is 0.657. The lowest BCUT2D eigenvalue weighted by atomic mass is 9.98. The van der Waals surface area contributed by atoms with Gasteiger partial charge in [-0.25, -0.2) is 0 Å². The fraction of sp³-hybridized carbons (Fsp3) is 0.700. The summed E-state index contributed by atoms with van der Waals surface area (Å²) in [5, 5.41) is 0. The zero-order valence-electron chi connectivity index (χ0n) is 7.27. The number of allylic oxidation sites excluding steroid dienone is 1. The lowest BCUT2D eigenvalue weighted by Crippen LogP contribution is -1.95. The van der Waals surface area contributed by atoms with Gasteiger partial charge in [-0.15, -0.1) is 6.58 Å². The first kappa shape index (κ1) is 9.74. The van der Waals surface area contributed by atoms with Crippen LogP contribution in [0.3, 0.4) is 0 Å². The largest absolute Gasteiger partial charge is 0.103 e. The molecule has 0 saturated carbocycles. The Morgan fingerprint density at radius 1 is 1.30 bits per heavy atom. The molecule has 0 nitrogen and oxygen atoms in total. The molecular weight excluding hydrogens is 120 g/mol. The molecule has 0 aliphatic heterocycles. The van der Waals surface area contributed by atoms with E-state index >= 15 is 0 Å². The molecule has 59 valence electrons. The Balaban J connectivity index is 3.29. The van der Waals surface area contributed by atoms with E-state index in [2.05, 4.69) is 32.9 Å². The van der Waals surface area contributed by atoms with Crippen molar-refractivity contribution in [2.45, 2.75) is 39.5 Å². The summed E-state index contributed by atoms with van der Waals surface area (Å²) in [6, 6.07) is 0. The molecule has 0 saturated heterocycles. The molecule has 0 bridgehead atoms. The van der Waals surface area contributed by atoms with E-state index in [0.29, 0.717) is 5.92 Å². The van der Waals surface area contributed by atoms with Gasteiger partial charge in [0.05, 0.1) is 0 Å².